The lowest BCUT2D eigenvalue weighted by molar-refractivity contribution is -0.142. The maximum absolute atomic E-state index is 13.6. The average Bonchev–Trinajstić information content (AvgIpc) is 0.787. The monoisotopic (exact) mass is 1570 g/mol. The summed E-state index contributed by atoms with van der Waals surface area (Å²) in [5, 5.41) is 2.50. The number of halogens is 4. The van der Waals surface area contributed by atoms with Gasteiger partial charge in [-0.15, -0.1) is 0 Å². The molecule has 4 aromatic carbocycles. The van der Waals surface area contributed by atoms with Gasteiger partial charge in [0.15, 0.2) is 0 Å². The molecule has 0 spiro atoms. The third-order valence-electron chi connectivity index (χ3n) is 23.3. The van der Waals surface area contributed by atoms with Gasteiger partial charge in [0.05, 0.1) is 39.6 Å². The van der Waals surface area contributed by atoms with Crippen LogP contribution in [0.25, 0.3) is 0 Å². The molecule has 6 aliphatic heterocycles. The van der Waals surface area contributed by atoms with Crippen molar-refractivity contribution in [3.8, 4) is 0 Å². The van der Waals surface area contributed by atoms with E-state index in [1.165, 1.54) is 11.1 Å². The van der Waals surface area contributed by atoms with Gasteiger partial charge in [-0.2, -0.15) is 0 Å². The van der Waals surface area contributed by atoms with Gasteiger partial charge in [0.1, 0.15) is 0 Å². The summed E-state index contributed by atoms with van der Waals surface area (Å²) in [4.78, 5) is 104. The molecule has 588 valence electrons. The second-order valence-corrected chi connectivity index (χ2v) is 35.6. The highest BCUT2D eigenvalue weighted by Gasteiger charge is 2.45. The van der Waals surface area contributed by atoms with E-state index in [2.05, 4.69) is 146 Å². The van der Waals surface area contributed by atoms with Crippen molar-refractivity contribution in [2.45, 2.75) is 163 Å². The first-order valence-corrected chi connectivity index (χ1v) is 40.6. The standard InChI is InChI=1S/C29H38Cl2N4O2.C29H39ClN4O2.C28H38ClN5O2/c1-20(36)33-13-10-21(11-14-33)17-27(37)35-16-15-34(19-26(35)29(2,3)4)28(25-7-5-6-12-32-25)22-8-9-23(30)24(31)18-22;1-29(2,3)25-20-33(27(22-7-5-4-6-8-22)23-9-11-24(30)12-10-23)17-18-34(25)26(35)19-21-13-15-32(16-14-21)28(31)36;1-28(2,3)24-19-33(26(23-6-4-5-13-31-23)21-7-9-22(29)10-8-21)16-17-34(24)25(35)18-20-11-14-32(15-12-20)27(30)36/h5-9,12,18,21,26,28H,10-11,13-17,19H2,1-4H3;4-12,21,25,27H,13-20H2,1-3H3,(H2,31,36);4-10,13,20,24,26H,11-12,14-19H2,1-3H3,(H2,30,36)/t26-,28?;25-,27?;24-,26?/m111/s1. The van der Waals surface area contributed by atoms with Gasteiger partial charge in [-0.1, -0.05) is 182 Å². The highest BCUT2D eigenvalue weighted by Crippen LogP contribution is 2.41. The molecule has 6 saturated heterocycles. The average molecular weight is 1570 g/mol. The van der Waals surface area contributed by atoms with E-state index in [4.69, 9.17) is 67.8 Å². The second-order valence-electron chi connectivity index (χ2n) is 33.9. The van der Waals surface area contributed by atoms with E-state index < -0.39 is 0 Å². The summed E-state index contributed by atoms with van der Waals surface area (Å²) in [5.74, 6) is 1.73. The number of pyridine rings is 2. The molecule has 23 heteroatoms. The number of nitrogens with two attached hydrogens (primary N) is 2. The van der Waals surface area contributed by atoms with Crippen LogP contribution in [0.4, 0.5) is 9.59 Å². The Hall–Kier alpha value is -7.36. The zero-order valence-corrected chi connectivity index (χ0v) is 68.6. The van der Waals surface area contributed by atoms with Crippen LogP contribution in [0.5, 0.6) is 0 Å². The number of piperidine rings is 3. The number of primary amides is 2. The van der Waals surface area contributed by atoms with E-state index >= 15 is 0 Å². The zero-order chi connectivity index (χ0) is 78.5. The van der Waals surface area contributed by atoms with Gasteiger partial charge in [-0.25, -0.2) is 9.59 Å². The van der Waals surface area contributed by atoms with Crippen molar-refractivity contribution in [3.63, 3.8) is 0 Å². The lowest BCUT2D eigenvalue weighted by Gasteiger charge is -2.50. The number of carbonyl (C=O) groups is 6. The number of rotatable bonds is 15. The van der Waals surface area contributed by atoms with E-state index in [0.29, 0.717) is 97.9 Å². The highest BCUT2D eigenvalue weighted by molar-refractivity contribution is 6.42. The molecule has 0 aliphatic carbocycles. The maximum atomic E-state index is 13.6. The molecule has 0 radical (unpaired) electrons. The molecular formula is C86H115Cl4N13O6. The molecule has 6 atom stereocenters. The number of benzene rings is 4. The molecule has 0 bridgehead atoms. The molecule has 109 heavy (non-hydrogen) atoms. The fourth-order valence-corrected chi connectivity index (χ4v) is 17.5. The summed E-state index contributed by atoms with van der Waals surface area (Å²) in [6, 6.07) is 44.0. The Bertz CT molecular complexity index is 3800. The lowest BCUT2D eigenvalue weighted by Crippen LogP contribution is -2.60. The number of hydrogen-bond donors (Lipinski definition) is 2. The molecule has 4 N–H and O–H groups in total. The van der Waals surface area contributed by atoms with Crippen LogP contribution in [0, 0.1) is 34.0 Å². The van der Waals surface area contributed by atoms with Gasteiger partial charge >= 0.3 is 12.1 Å². The minimum Gasteiger partial charge on any atom is -0.351 e. The van der Waals surface area contributed by atoms with Crippen LogP contribution < -0.4 is 11.5 Å². The van der Waals surface area contributed by atoms with Crippen molar-refractivity contribution in [3.05, 3.63) is 200 Å². The van der Waals surface area contributed by atoms with Gasteiger partial charge in [0.2, 0.25) is 23.6 Å². The third kappa shape index (κ3) is 22.5. The largest absolute Gasteiger partial charge is 0.351 e. The maximum Gasteiger partial charge on any atom is 0.314 e. The van der Waals surface area contributed by atoms with Gasteiger partial charge in [-0.05, 0) is 155 Å². The van der Waals surface area contributed by atoms with Crippen LogP contribution in [0.15, 0.2) is 146 Å². The van der Waals surface area contributed by atoms with Crippen LogP contribution in [-0.2, 0) is 19.2 Å². The molecule has 6 fully saturated rings. The van der Waals surface area contributed by atoms with Gasteiger partial charge in [0, 0.05) is 165 Å². The summed E-state index contributed by atoms with van der Waals surface area (Å²) in [6.07, 6.45) is 10.4. The van der Waals surface area contributed by atoms with Crippen molar-refractivity contribution in [1.82, 2.24) is 54.1 Å². The number of hydrogen-bond acceptors (Lipinski definition) is 11. The Balaban J connectivity index is 0.000000174. The molecule has 8 heterocycles. The van der Waals surface area contributed by atoms with Gasteiger partial charge in [-0.3, -0.25) is 43.8 Å². The Morgan fingerprint density at radius 3 is 1.04 bits per heavy atom. The Morgan fingerprint density at radius 2 is 0.706 bits per heavy atom. The summed E-state index contributed by atoms with van der Waals surface area (Å²) in [5.41, 5.74) is 17.2. The minimum atomic E-state index is -0.369. The lowest BCUT2D eigenvalue weighted by atomic mass is 9.82. The molecule has 6 aliphatic rings. The van der Waals surface area contributed by atoms with E-state index in [9.17, 15) is 28.8 Å². The first kappa shape index (κ1) is 84.1. The van der Waals surface area contributed by atoms with Crippen LogP contribution in [0.2, 0.25) is 20.1 Å². The van der Waals surface area contributed by atoms with Crippen molar-refractivity contribution < 1.29 is 28.8 Å². The quantitative estimate of drug-likeness (QED) is 0.0988. The van der Waals surface area contributed by atoms with Gasteiger partial charge < -0.3 is 40.9 Å². The van der Waals surface area contributed by atoms with Crippen molar-refractivity contribution >= 4 is 82.1 Å². The minimum absolute atomic E-state index is 0.0105. The predicted octanol–water partition coefficient (Wildman–Crippen LogP) is 15.4. The first-order valence-electron chi connectivity index (χ1n) is 39.1. The van der Waals surface area contributed by atoms with E-state index in [1.54, 1.807) is 16.7 Å². The van der Waals surface area contributed by atoms with E-state index in [-0.39, 0.29) is 88.2 Å². The van der Waals surface area contributed by atoms with Crippen molar-refractivity contribution in [1.29, 1.82) is 0 Å². The second kappa shape index (κ2) is 37.8. The van der Waals surface area contributed by atoms with E-state index in [1.807, 2.05) is 96.2 Å². The summed E-state index contributed by atoms with van der Waals surface area (Å²) in [6.45, 7) is 32.3. The number of nitrogens with zero attached hydrogens (tertiary/aromatic N) is 11. The fraction of sp³-hybridized carbons (Fsp3) is 0.535. The number of piperazine rings is 3. The van der Waals surface area contributed by atoms with Crippen LogP contribution in [0.1, 0.15) is 179 Å². The van der Waals surface area contributed by atoms with E-state index in [0.717, 1.165) is 118 Å². The number of amides is 8. The Morgan fingerprint density at radius 1 is 0.385 bits per heavy atom. The smallest absolute Gasteiger partial charge is 0.314 e. The molecule has 12 rings (SSSR count). The Kier molecular flexibility index (Phi) is 29.1. The zero-order valence-electron chi connectivity index (χ0n) is 65.6. The van der Waals surface area contributed by atoms with Gasteiger partial charge in [0.25, 0.3) is 0 Å². The molecule has 0 saturated carbocycles. The topological polar surface area (TPSA) is 209 Å². The molecule has 6 aromatic rings. The molecular weight excluding hydrogens is 1450 g/mol. The fourth-order valence-electron chi connectivity index (χ4n) is 16.9. The normalized spacial score (nSPS) is 20.8. The third-order valence-corrected chi connectivity index (χ3v) is 24.5. The summed E-state index contributed by atoms with van der Waals surface area (Å²) >= 11 is 25.1. The van der Waals surface area contributed by atoms with Crippen molar-refractivity contribution in [2.24, 2.45) is 45.5 Å². The van der Waals surface area contributed by atoms with Crippen molar-refractivity contribution in [2.75, 3.05) is 98.2 Å². The molecule has 2 aromatic heterocycles. The Labute approximate surface area is 667 Å². The summed E-state index contributed by atoms with van der Waals surface area (Å²) < 4.78 is 0. The molecule has 8 amide bonds. The van der Waals surface area contributed by atoms with Crippen LogP contribution in [-0.4, -0.2) is 206 Å². The first-order chi connectivity index (χ1) is 51.8. The number of urea groups is 2. The van der Waals surface area contributed by atoms with Crippen LogP contribution >= 0.6 is 46.4 Å². The number of likely N-dealkylation sites (tertiary alicyclic amines) is 3. The molecule has 19 nitrogen and oxygen atoms in total. The highest BCUT2D eigenvalue weighted by atomic mass is 35.5. The summed E-state index contributed by atoms with van der Waals surface area (Å²) in [7, 11) is 0. The predicted molar refractivity (Wildman–Crippen MR) is 436 cm³/mol. The number of carbonyl (C=O) groups excluding carboxylic acids is 6. The number of aromatic nitrogens is 2. The molecule has 3 unspecified atom stereocenters. The SMILES string of the molecule is CC(=O)N1CCC(CC(=O)N2CCN(C(c3ccc(Cl)c(Cl)c3)c3ccccn3)C[C@@H]2C(C)(C)C)CC1.CC(C)(C)[C@H]1CN(C(c2ccc(Cl)cc2)c2ccccn2)CCN1C(=O)CC1CCN(C(N)=O)CC1.CC(C)(C)[C@H]1CN(C(c2ccccc2)c2ccc(Cl)cc2)CCN1C(=O)CC1CCN(C(N)=O)CC1. The van der Waals surface area contributed by atoms with Crippen LogP contribution in [0.3, 0.4) is 0 Å².